The van der Waals surface area contributed by atoms with E-state index in [0.29, 0.717) is 24.3 Å². The lowest BCUT2D eigenvalue weighted by Gasteiger charge is -2.28. The van der Waals surface area contributed by atoms with E-state index in [1.807, 2.05) is 18.2 Å². The summed E-state index contributed by atoms with van der Waals surface area (Å²) in [7, 11) is 1.65. The maximum Gasteiger partial charge on any atom is 0.256 e. The molecule has 1 atom stereocenters. The van der Waals surface area contributed by atoms with Gasteiger partial charge in [0.05, 0.1) is 31.0 Å². The van der Waals surface area contributed by atoms with Gasteiger partial charge in [0.15, 0.2) is 0 Å². The smallest absolute Gasteiger partial charge is 0.256 e. The summed E-state index contributed by atoms with van der Waals surface area (Å²) < 4.78 is 20.2. The maximum atomic E-state index is 13.2. The molecule has 6 nitrogen and oxygen atoms in total. The number of hydrogen-bond acceptors (Lipinski definition) is 4. The number of nitrogens with zero attached hydrogens (tertiary/aromatic N) is 3. The van der Waals surface area contributed by atoms with Gasteiger partial charge >= 0.3 is 0 Å². The van der Waals surface area contributed by atoms with Crippen molar-refractivity contribution in [3.8, 4) is 5.75 Å². The summed E-state index contributed by atoms with van der Waals surface area (Å²) in [6.45, 7) is 4.56. The lowest BCUT2D eigenvalue weighted by molar-refractivity contribution is 0.0937. The Bertz CT molecular complexity index is 1110. The third-order valence-corrected chi connectivity index (χ3v) is 6.44. The fourth-order valence-corrected chi connectivity index (χ4v) is 4.64. The third-order valence-electron chi connectivity index (χ3n) is 6.05. The molecule has 0 radical (unpaired) electrons. The molecule has 1 amide bonds. The van der Waals surface area contributed by atoms with Crippen molar-refractivity contribution in [2.75, 3.05) is 26.7 Å². The average molecular weight is 471 g/mol. The summed E-state index contributed by atoms with van der Waals surface area (Å²) in [5.41, 5.74) is 2.87. The lowest BCUT2D eigenvalue weighted by Crippen LogP contribution is -2.37. The lowest BCUT2D eigenvalue weighted by atomic mass is 10.0. The molecule has 0 bridgehead atoms. The standard InChI is InChI=1S/C25H28ClFN4O2/c1-17-23(24(26)31(29-17)16-18-8-10-20(27)11-9-18)25(32)28-15-22(30-12-3-4-13-30)19-6-5-7-21(14-19)33-2/h5-11,14,22H,3-4,12-13,15-16H2,1-2H3,(H,28,32). The van der Waals surface area contributed by atoms with Gasteiger partial charge < -0.3 is 10.1 Å². The first kappa shape index (κ1) is 23.3. The van der Waals surface area contributed by atoms with Crippen molar-refractivity contribution in [2.24, 2.45) is 0 Å². The van der Waals surface area contributed by atoms with Crippen LogP contribution in [0.5, 0.6) is 5.75 Å². The van der Waals surface area contributed by atoms with Crippen molar-refractivity contribution < 1.29 is 13.9 Å². The topological polar surface area (TPSA) is 59.4 Å². The van der Waals surface area contributed by atoms with Gasteiger partial charge in [0, 0.05) is 6.54 Å². The van der Waals surface area contributed by atoms with E-state index in [0.717, 1.165) is 42.8 Å². The Morgan fingerprint density at radius 2 is 1.94 bits per heavy atom. The first-order valence-corrected chi connectivity index (χ1v) is 11.5. The van der Waals surface area contributed by atoms with Crippen LogP contribution in [-0.4, -0.2) is 47.3 Å². The molecule has 0 spiro atoms. The van der Waals surface area contributed by atoms with Crippen molar-refractivity contribution in [3.05, 3.63) is 81.9 Å². The van der Waals surface area contributed by atoms with Crippen molar-refractivity contribution in [2.45, 2.75) is 32.4 Å². The second kappa shape index (κ2) is 10.4. The second-order valence-electron chi connectivity index (χ2n) is 8.28. The number of hydrogen-bond donors (Lipinski definition) is 1. The normalized spacial score (nSPS) is 14.9. The minimum absolute atomic E-state index is 0.0416. The van der Waals surface area contributed by atoms with Gasteiger partial charge in [0.2, 0.25) is 0 Å². The summed E-state index contributed by atoms with van der Waals surface area (Å²) >= 11 is 6.54. The highest BCUT2D eigenvalue weighted by Crippen LogP contribution is 2.28. The predicted octanol–water partition coefficient (Wildman–Crippen LogP) is 4.61. The van der Waals surface area contributed by atoms with Gasteiger partial charge in [-0.25, -0.2) is 9.07 Å². The molecule has 1 saturated heterocycles. The molecule has 2 aromatic carbocycles. The monoisotopic (exact) mass is 470 g/mol. The molecule has 33 heavy (non-hydrogen) atoms. The molecule has 1 aliphatic heterocycles. The fourth-order valence-electron chi connectivity index (χ4n) is 4.32. The van der Waals surface area contributed by atoms with Crippen LogP contribution < -0.4 is 10.1 Å². The summed E-state index contributed by atoms with van der Waals surface area (Å²) in [5, 5.41) is 7.78. The summed E-state index contributed by atoms with van der Waals surface area (Å²) in [5.74, 6) is 0.240. The van der Waals surface area contributed by atoms with E-state index in [-0.39, 0.29) is 22.9 Å². The van der Waals surface area contributed by atoms with Crippen molar-refractivity contribution in [3.63, 3.8) is 0 Å². The molecule has 1 fully saturated rings. The van der Waals surface area contributed by atoms with Crippen molar-refractivity contribution in [1.29, 1.82) is 0 Å². The van der Waals surface area contributed by atoms with E-state index < -0.39 is 0 Å². The second-order valence-corrected chi connectivity index (χ2v) is 8.64. The van der Waals surface area contributed by atoms with Crippen LogP contribution in [0.2, 0.25) is 5.15 Å². The van der Waals surface area contributed by atoms with Crippen LogP contribution in [0.4, 0.5) is 4.39 Å². The Morgan fingerprint density at radius 3 is 2.64 bits per heavy atom. The number of amides is 1. The minimum atomic E-state index is -0.301. The Balaban J connectivity index is 1.50. The number of aryl methyl sites for hydroxylation is 1. The molecular formula is C25H28ClFN4O2. The van der Waals surface area contributed by atoms with Crippen LogP contribution in [0.3, 0.4) is 0 Å². The molecule has 8 heteroatoms. The van der Waals surface area contributed by atoms with Crippen LogP contribution >= 0.6 is 11.6 Å². The molecule has 3 aromatic rings. The van der Waals surface area contributed by atoms with E-state index in [2.05, 4.69) is 21.4 Å². The molecular weight excluding hydrogens is 443 g/mol. The van der Waals surface area contributed by atoms with Crippen LogP contribution in [0, 0.1) is 12.7 Å². The number of likely N-dealkylation sites (tertiary alicyclic amines) is 1. The first-order valence-electron chi connectivity index (χ1n) is 11.1. The number of carbonyl (C=O) groups is 1. The Morgan fingerprint density at radius 1 is 1.21 bits per heavy atom. The number of methoxy groups -OCH3 is 1. The highest BCUT2D eigenvalue weighted by atomic mass is 35.5. The number of nitrogens with one attached hydrogen (secondary N) is 1. The van der Waals surface area contributed by atoms with Gasteiger partial charge in [-0.1, -0.05) is 35.9 Å². The number of benzene rings is 2. The van der Waals surface area contributed by atoms with Crippen LogP contribution in [0.15, 0.2) is 48.5 Å². The highest BCUT2D eigenvalue weighted by molar-refractivity contribution is 6.33. The maximum absolute atomic E-state index is 13.2. The molecule has 1 aliphatic rings. The molecule has 1 N–H and O–H groups in total. The van der Waals surface area contributed by atoms with Gasteiger partial charge in [0.25, 0.3) is 5.91 Å². The number of rotatable bonds is 8. The predicted molar refractivity (Wildman–Crippen MR) is 126 cm³/mol. The quantitative estimate of drug-likeness (QED) is 0.522. The minimum Gasteiger partial charge on any atom is -0.497 e. The van der Waals surface area contributed by atoms with E-state index in [4.69, 9.17) is 16.3 Å². The number of carbonyl (C=O) groups excluding carboxylic acids is 1. The van der Waals surface area contributed by atoms with E-state index >= 15 is 0 Å². The zero-order chi connectivity index (χ0) is 23.4. The van der Waals surface area contributed by atoms with Gasteiger partial charge in [-0.3, -0.25) is 9.69 Å². The van der Waals surface area contributed by atoms with E-state index in [1.165, 1.54) is 12.1 Å². The SMILES string of the molecule is COc1cccc(C(CNC(=O)c2c(C)nn(Cc3ccc(F)cc3)c2Cl)N2CCCC2)c1. The Labute approximate surface area is 198 Å². The van der Waals surface area contributed by atoms with Gasteiger partial charge in [-0.15, -0.1) is 0 Å². The van der Waals surface area contributed by atoms with E-state index in [9.17, 15) is 9.18 Å². The van der Waals surface area contributed by atoms with E-state index in [1.54, 1.807) is 30.8 Å². The van der Waals surface area contributed by atoms with Crippen molar-refractivity contribution in [1.82, 2.24) is 20.0 Å². The first-order chi connectivity index (χ1) is 16.0. The van der Waals surface area contributed by atoms with Crippen molar-refractivity contribution >= 4 is 17.5 Å². The largest absolute Gasteiger partial charge is 0.497 e. The molecule has 2 heterocycles. The molecule has 0 saturated carbocycles. The summed E-state index contributed by atoms with van der Waals surface area (Å²) in [6.07, 6.45) is 2.30. The Hall–Kier alpha value is -2.90. The molecule has 4 rings (SSSR count). The number of aromatic nitrogens is 2. The molecule has 174 valence electrons. The summed E-state index contributed by atoms with van der Waals surface area (Å²) in [6, 6.07) is 14.2. The Kier molecular flexibility index (Phi) is 7.30. The molecule has 1 aromatic heterocycles. The number of halogens is 2. The van der Waals surface area contributed by atoms with Gasteiger partial charge in [0.1, 0.15) is 16.7 Å². The van der Waals surface area contributed by atoms with Crippen LogP contribution in [-0.2, 0) is 6.54 Å². The number of ether oxygens (including phenoxy) is 1. The summed E-state index contributed by atoms with van der Waals surface area (Å²) in [4.78, 5) is 15.5. The fraction of sp³-hybridized carbons (Fsp3) is 0.360. The molecule has 1 unspecified atom stereocenters. The highest BCUT2D eigenvalue weighted by Gasteiger charge is 2.26. The van der Waals surface area contributed by atoms with Gasteiger partial charge in [-0.05, 0) is 68.2 Å². The van der Waals surface area contributed by atoms with Gasteiger partial charge in [-0.2, -0.15) is 5.10 Å². The van der Waals surface area contributed by atoms with Crippen LogP contribution in [0.25, 0.3) is 0 Å². The zero-order valence-electron chi connectivity index (χ0n) is 18.9. The zero-order valence-corrected chi connectivity index (χ0v) is 19.6. The average Bonchev–Trinajstić information content (AvgIpc) is 3.44. The molecule has 0 aliphatic carbocycles. The third kappa shape index (κ3) is 5.37. The van der Waals surface area contributed by atoms with Crippen LogP contribution in [0.1, 0.15) is 46.1 Å².